The molecule has 49 heavy (non-hydrogen) atoms. The van der Waals surface area contributed by atoms with Gasteiger partial charge in [-0.2, -0.15) is 0 Å². The third-order valence-corrected chi connectivity index (χ3v) is 11.8. The smallest absolute Gasteiger partial charge is 0.164 e. The number of carbonyl (C=O) groups excluding carboxylic acids is 1. The van der Waals surface area contributed by atoms with Crippen LogP contribution in [0.1, 0.15) is 99.3 Å². The Hall–Kier alpha value is -3.31. The van der Waals surface area contributed by atoms with Gasteiger partial charge in [-0.25, -0.2) is 0 Å². The zero-order chi connectivity index (χ0) is 35.0. The summed E-state index contributed by atoms with van der Waals surface area (Å²) in [7, 11) is 0. The molecule has 0 unspecified atom stereocenters. The number of fused-ring (bicyclic) bond motifs is 5. The van der Waals surface area contributed by atoms with Crippen LogP contribution in [0.2, 0.25) is 0 Å². The summed E-state index contributed by atoms with van der Waals surface area (Å²) in [5.41, 5.74) is 3.75. The second-order valence-corrected chi connectivity index (χ2v) is 15.8. The number of rotatable bonds is 8. The first kappa shape index (κ1) is 38.5. The van der Waals surface area contributed by atoms with E-state index < -0.39 is 0 Å². The molecule has 0 aliphatic carbocycles. The molecule has 6 rings (SSSR count). The molecule has 3 aromatic carbocycles. The van der Waals surface area contributed by atoms with Crippen LogP contribution in [0, 0.1) is 23.8 Å². The molecule has 3 heterocycles. The summed E-state index contributed by atoms with van der Waals surface area (Å²) in [6, 6.07) is 23.1. The number of aliphatic hydroxyl groups is 1. The molecule has 0 amide bonds. The molecule has 0 saturated heterocycles. The van der Waals surface area contributed by atoms with E-state index in [2.05, 4.69) is 81.4 Å². The van der Waals surface area contributed by atoms with Gasteiger partial charge in [0.25, 0.3) is 0 Å². The van der Waals surface area contributed by atoms with Crippen molar-refractivity contribution >= 4 is 59.0 Å². The Balaban J connectivity index is 0.000000260. The summed E-state index contributed by atoms with van der Waals surface area (Å²) in [5, 5.41) is 16.2. The SMILES string of the molecule is CCC(C)(CC)C(=O)/C=C(\O)C(C)(CC)CC.Cc1cc2cc3c(cc2o1)sc1c(-c2[c-]c4ccccc4c(C(C)(C)C)c2)nccc13.[Ir]. The molecule has 0 fully saturated rings. The predicted molar refractivity (Wildman–Crippen MR) is 205 cm³/mol. The third kappa shape index (κ3) is 7.57. The molecule has 6 aromatic rings. The van der Waals surface area contributed by atoms with Crippen molar-refractivity contribution in [3.8, 4) is 11.3 Å². The van der Waals surface area contributed by atoms with Crippen molar-refractivity contribution in [3.63, 3.8) is 0 Å². The van der Waals surface area contributed by atoms with Gasteiger partial charge in [-0.1, -0.05) is 91.5 Å². The van der Waals surface area contributed by atoms with Crippen LogP contribution >= 0.6 is 11.3 Å². The first-order chi connectivity index (χ1) is 22.7. The summed E-state index contributed by atoms with van der Waals surface area (Å²) in [6.07, 6.45) is 6.68. The predicted octanol–water partition coefficient (Wildman–Crippen LogP) is 13.1. The summed E-state index contributed by atoms with van der Waals surface area (Å²) in [5.74, 6) is 1.23. The number of pyridine rings is 1. The Bertz CT molecular complexity index is 2140. The van der Waals surface area contributed by atoms with Gasteiger partial charge in [-0.3, -0.25) is 9.78 Å². The number of nitrogens with zero attached hydrogens (tertiary/aromatic N) is 1. The molecule has 4 nitrogen and oxygen atoms in total. The van der Waals surface area contributed by atoms with Crippen LogP contribution in [0.25, 0.3) is 53.2 Å². The van der Waals surface area contributed by atoms with E-state index in [4.69, 9.17) is 9.40 Å². The van der Waals surface area contributed by atoms with Gasteiger partial charge in [0.15, 0.2) is 5.78 Å². The van der Waals surface area contributed by atoms with Crippen molar-refractivity contribution in [1.82, 2.24) is 4.98 Å². The molecule has 0 bridgehead atoms. The van der Waals surface area contributed by atoms with Gasteiger partial charge >= 0.3 is 0 Å². The summed E-state index contributed by atoms with van der Waals surface area (Å²) in [6.45, 7) is 20.9. The number of ketones is 1. The molecule has 0 aliphatic heterocycles. The number of carbonyl (C=O) groups is 1. The van der Waals surface area contributed by atoms with Gasteiger partial charge in [0.05, 0.1) is 0 Å². The maximum Gasteiger partial charge on any atom is 0.164 e. The second kappa shape index (κ2) is 14.9. The van der Waals surface area contributed by atoms with E-state index in [1.165, 1.54) is 37.2 Å². The third-order valence-electron chi connectivity index (χ3n) is 10.6. The molecule has 0 aliphatic rings. The van der Waals surface area contributed by atoms with Crippen LogP contribution in [0.3, 0.4) is 0 Å². The molecule has 1 radical (unpaired) electrons. The van der Waals surface area contributed by atoms with Crippen LogP contribution in [0.5, 0.6) is 0 Å². The van der Waals surface area contributed by atoms with Crippen molar-refractivity contribution < 1.29 is 34.4 Å². The fraction of sp³-hybridized carbons (Fsp3) is 0.395. The maximum atomic E-state index is 12.2. The van der Waals surface area contributed by atoms with Gasteiger partial charge in [-0.15, -0.1) is 40.5 Å². The minimum absolute atomic E-state index is 0. The van der Waals surface area contributed by atoms with Crippen LogP contribution in [-0.2, 0) is 30.3 Å². The maximum absolute atomic E-state index is 12.2. The summed E-state index contributed by atoms with van der Waals surface area (Å²) < 4.78 is 8.30. The van der Waals surface area contributed by atoms with E-state index in [0.29, 0.717) is 0 Å². The molecular formula is C43H50IrNO3S-. The Morgan fingerprint density at radius 1 is 0.878 bits per heavy atom. The first-order valence-corrected chi connectivity index (χ1v) is 18.1. The number of aryl methyl sites for hydroxylation is 1. The van der Waals surface area contributed by atoms with Crippen LogP contribution < -0.4 is 0 Å². The minimum atomic E-state index is -0.337. The van der Waals surface area contributed by atoms with Crippen LogP contribution in [0.4, 0.5) is 0 Å². The van der Waals surface area contributed by atoms with Crippen LogP contribution in [0.15, 0.2) is 77.0 Å². The number of hydrogen-bond donors (Lipinski definition) is 1. The van der Waals surface area contributed by atoms with Gasteiger partial charge in [0.1, 0.15) is 17.1 Å². The van der Waals surface area contributed by atoms with Crippen molar-refractivity contribution in [2.24, 2.45) is 10.8 Å². The first-order valence-electron chi connectivity index (χ1n) is 17.3. The minimum Gasteiger partial charge on any atom is -0.512 e. The standard InChI is InChI=1S/C28H22NOS.C15H28O2.Ir/c1-16-11-18-13-22-21-9-10-29-26(27(21)31-25(22)15-24(18)30-16)19-12-17-7-5-6-8-20(17)23(14-19)28(2,3)4;1-7-14(5,8-2)12(16)11-13(17)15(6,9-3)10-4;/h5-11,13-15H,1-4H3;11,16H,7-10H2,1-6H3;/q-1;;/b;12-11-;. The molecule has 1 N–H and O–H groups in total. The second-order valence-electron chi connectivity index (χ2n) is 14.7. The quantitative estimate of drug-likeness (QED) is 0.0941. The van der Waals surface area contributed by atoms with Gasteiger partial charge in [0, 0.05) is 69.1 Å². The topological polar surface area (TPSA) is 63.3 Å². The summed E-state index contributed by atoms with van der Waals surface area (Å²) in [4.78, 5) is 17.0. The van der Waals surface area contributed by atoms with E-state index in [1.807, 2.05) is 54.7 Å². The van der Waals surface area contributed by atoms with Gasteiger partial charge in [0.2, 0.25) is 0 Å². The zero-order valence-corrected chi connectivity index (χ0v) is 33.8. The largest absolute Gasteiger partial charge is 0.512 e. The van der Waals surface area contributed by atoms with Gasteiger partial charge < -0.3 is 9.52 Å². The van der Waals surface area contributed by atoms with Crippen molar-refractivity contribution in [2.75, 3.05) is 0 Å². The van der Waals surface area contributed by atoms with E-state index in [0.717, 1.165) is 59.1 Å². The number of aliphatic hydroxyl groups excluding tert-OH is 1. The molecule has 261 valence electrons. The Labute approximate surface area is 309 Å². The van der Waals surface area contributed by atoms with Crippen molar-refractivity contribution in [3.05, 3.63) is 90.0 Å². The number of thiophene rings is 1. The monoisotopic (exact) mass is 853 g/mol. The zero-order valence-electron chi connectivity index (χ0n) is 30.6. The van der Waals surface area contributed by atoms with Crippen LogP contribution in [-0.4, -0.2) is 15.9 Å². The Kier molecular flexibility index (Phi) is 11.7. The molecule has 3 aromatic heterocycles. The van der Waals surface area contributed by atoms with E-state index in [1.54, 1.807) is 11.3 Å². The molecule has 0 atom stereocenters. The average Bonchev–Trinajstić information content (AvgIpc) is 3.63. The number of benzene rings is 3. The average molecular weight is 853 g/mol. The number of aromatic nitrogens is 1. The Morgan fingerprint density at radius 2 is 1.53 bits per heavy atom. The van der Waals surface area contributed by atoms with E-state index in [-0.39, 0.29) is 47.9 Å². The molecule has 6 heteroatoms. The summed E-state index contributed by atoms with van der Waals surface area (Å²) >= 11 is 1.78. The number of furan rings is 1. The van der Waals surface area contributed by atoms with Crippen molar-refractivity contribution in [2.45, 2.75) is 100 Å². The van der Waals surface area contributed by atoms with Gasteiger partial charge in [-0.05, 0) is 67.7 Å². The fourth-order valence-corrected chi connectivity index (χ4v) is 7.43. The van der Waals surface area contributed by atoms with E-state index >= 15 is 0 Å². The Morgan fingerprint density at radius 3 is 2.16 bits per heavy atom. The normalized spacial score (nSPS) is 12.7. The molecule has 0 spiro atoms. The number of hydrogen-bond acceptors (Lipinski definition) is 5. The fourth-order valence-electron chi connectivity index (χ4n) is 6.22. The van der Waals surface area contributed by atoms with Crippen molar-refractivity contribution in [1.29, 1.82) is 0 Å². The van der Waals surface area contributed by atoms with E-state index in [9.17, 15) is 9.90 Å². The molecule has 0 saturated carbocycles. The molecular weight excluding hydrogens is 803 g/mol. The number of allylic oxidation sites excluding steroid dienone is 2.